The number of hydrogen-bond donors (Lipinski definition) is 3. The van der Waals surface area contributed by atoms with Gasteiger partial charge >= 0.3 is 39.5 Å². The van der Waals surface area contributed by atoms with E-state index >= 15 is 0 Å². The van der Waals surface area contributed by atoms with Crippen LogP contribution in [-0.4, -0.2) is 96.7 Å². The standard InChI is InChI=1S/C55H106O17P2/c1-6-9-12-15-18-20-23-29-34-39-53(58)66-45-51(72-55(60)41-36-31-26-25-27-32-37-48(4)5)47-70-74(63,64)68-43-49(56)42-67-73(61,62)69-46-50(44-65-52(57)38-33-28-22-17-14-11-8-3)71-54(59)40-35-30-24-21-19-16-13-10-7-2/h48-51,56H,6-47H2,1-5H3,(H,61,62)(H,63,64)/t49-,50+,51+/m0/s1. The summed E-state index contributed by atoms with van der Waals surface area (Å²) in [5.41, 5.74) is 0. The molecule has 0 fully saturated rings. The van der Waals surface area contributed by atoms with Crippen LogP contribution in [0.25, 0.3) is 0 Å². The first-order chi connectivity index (χ1) is 35.5. The van der Waals surface area contributed by atoms with E-state index in [0.717, 1.165) is 103 Å². The van der Waals surface area contributed by atoms with E-state index in [1.54, 1.807) is 0 Å². The molecular formula is C55H106O17P2. The molecule has 438 valence electrons. The number of carbonyl (C=O) groups is 4. The fourth-order valence-corrected chi connectivity index (χ4v) is 9.57. The lowest BCUT2D eigenvalue weighted by molar-refractivity contribution is -0.161. The van der Waals surface area contributed by atoms with Crippen molar-refractivity contribution in [1.29, 1.82) is 0 Å². The van der Waals surface area contributed by atoms with Gasteiger partial charge in [0.25, 0.3) is 0 Å². The van der Waals surface area contributed by atoms with Gasteiger partial charge < -0.3 is 33.8 Å². The molecule has 19 heteroatoms. The highest BCUT2D eigenvalue weighted by molar-refractivity contribution is 7.47. The molecule has 0 aliphatic rings. The van der Waals surface area contributed by atoms with Crippen molar-refractivity contribution in [3.05, 3.63) is 0 Å². The van der Waals surface area contributed by atoms with Crippen molar-refractivity contribution >= 4 is 39.5 Å². The predicted molar refractivity (Wildman–Crippen MR) is 289 cm³/mol. The largest absolute Gasteiger partial charge is 0.472 e. The second-order valence-electron chi connectivity index (χ2n) is 20.4. The van der Waals surface area contributed by atoms with Crippen LogP contribution in [0.4, 0.5) is 0 Å². The molecule has 5 atom stereocenters. The number of esters is 4. The Kier molecular flexibility index (Phi) is 48.1. The Morgan fingerprint density at radius 1 is 0.365 bits per heavy atom. The molecule has 3 N–H and O–H groups in total. The van der Waals surface area contributed by atoms with Crippen LogP contribution in [-0.2, 0) is 65.4 Å². The molecule has 0 bridgehead atoms. The molecule has 2 unspecified atom stereocenters. The number of aliphatic hydroxyl groups excluding tert-OH is 1. The number of unbranched alkanes of at least 4 members (excludes halogenated alkanes) is 27. The van der Waals surface area contributed by atoms with E-state index in [9.17, 15) is 43.2 Å². The van der Waals surface area contributed by atoms with Crippen LogP contribution in [0.5, 0.6) is 0 Å². The lowest BCUT2D eigenvalue weighted by Gasteiger charge is -2.21. The monoisotopic (exact) mass is 1100 g/mol. The Labute approximate surface area is 447 Å². The van der Waals surface area contributed by atoms with Gasteiger partial charge in [-0.2, -0.15) is 0 Å². The van der Waals surface area contributed by atoms with Gasteiger partial charge in [-0.15, -0.1) is 0 Å². The van der Waals surface area contributed by atoms with Gasteiger partial charge in [0.05, 0.1) is 26.4 Å². The molecule has 0 saturated heterocycles. The van der Waals surface area contributed by atoms with E-state index < -0.39 is 97.5 Å². The maximum atomic E-state index is 12.9. The topological polar surface area (TPSA) is 237 Å². The van der Waals surface area contributed by atoms with Gasteiger partial charge in [0, 0.05) is 25.7 Å². The summed E-state index contributed by atoms with van der Waals surface area (Å²) in [6.45, 7) is 6.95. The zero-order valence-electron chi connectivity index (χ0n) is 47.0. The van der Waals surface area contributed by atoms with E-state index in [-0.39, 0.29) is 25.7 Å². The van der Waals surface area contributed by atoms with Crippen LogP contribution in [0.3, 0.4) is 0 Å². The third-order valence-electron chi connectivity index (χ3n) is 12.5. The van der Waals surface area contributed by atoms with Gasteiger partial charge in [-0.3, -0.25) is 37.3 Å². The van der Waals surface area contributed by atoms with Gasteiger partial charge in [-0.05, 0) is 31.6 Å². The molecule has 0 aromatic heterocycles. The summed E-state index contributed by atoms with van der Waals surface area (Å²) in [7, 11) is -9.86. The van der Waals surface area contributed by atoms with E-state index in [1.165, 1.54) is 77.0 Å². The van der Waals surface area contributed by atoms with Crippen molar-refractivity contribution in [2.45, 2.75) is 284 Å². The van der Waals surface area contributed by atoms with Crippen molar-refractivity contribution in [3.63, 3.8) is 0 Å². The molecule has 17 nitrogen and oxygen atoms in total. The van der Waals surface area contributed by atoms with Crippen molar-refractivity contribution in [2.75, 3.05) is 39.6 Å². The number of carbonyl (C=O) groups excluding carboxylic acids is 4. The lowest BCUT2D eigenvalue weighted by Crippen LogP contribution is -2.30. The molecule has 0 aromatic rings. The van der Waals surface area contributed by atoms with Crippen LogP contribution in [0, 0.1) is 5.92 Å². The Morgan fingerprint density at radius 3 is 0.919 bits per heavy atom. The fraction of sp³-hybridized carbons (Fsp3) is 0.927. The minimum absolute atomic E-state index is 0.102. The van der Waals surface area contributed by atoms with E-state index in [2.05, 4.69) is 34.6 Å². The molecule has 0 aliphatic heterocycles. The summed E-state index contributed by atoms with van der Waals surface area (Å²) in [4.78, 5) is 71.5. The first-order valence-corrected chi connectivity index (χ1v) is 32.1. The van der Waals surface area contributed by atoms with Crippen LogP contribution in [0.15, 0.2) is 0 Å². The second kappa shape index (κ2) is 49.4. The highest BCUT2D eigenvalue weighted by Crippen LogP contribution is 2.45. The smallest absolute Gasteiger partial charge is 0.462 e. The summed E-state index contributed by atoms with van der Waals surface area (Å²) >= 11 is 0. The molecule has 0 rings (SSSR count). The summed E-state index contributed by atoms with van der Waals surface area (Å²) in [5, 5.41) is 10.5. The lowest BCUT2D eigenvalue weighted by atomic mass is 10.0. The van der Waals surface area contributed by atoms with Gasteiger partial charge in [0.2, 0.25) is 0 Å². The molecule has 0 saturated carbocycles. The van der Waals surface area contributed by atoms with Crippen LogP contribution >= 0.6 is 15.6 Å². The molecule has 0 spiro atoms. The summed E-state index contributed by atoms with van der Waals surface area (Å²) < 4.78 is 67.4. The number of rotatable bonds is 55. The zero-order valence-corrected chi connectivity index (χ0v) is 48.7. The molecular weight excluding hydrogens is 995 g/mol. The number of hydrogen-bond acceptors (Lipinski definition) is 15. The SMILES string of the molecule is CCCCCCCCCCCC(=O)OC[C@H](COP(=O)(O)OC[C@@H](O)COP(=O)(O)OC[C@@H](COC(=O)CCCCCCCCC)OC(=O)CCCCCCCCCCC)OC(=O)CCCCCCCCC(C)C. The van der Waals surface area contributed by atoms with Crippen LogP contribution in [0.1, 0.15) is 266 Å². The summed E-state index contributed by atoms with van der Waals surface area (Å²) in [6.07, 6.45) is 29.6. The maximum Gasteiger partial charge on any atom is 0.472 e. The Balaban J connectivity index is 5.20. The Morgan fingerprint density at radius 2 is 0.622 bits per heavy atom. The van der Waals surface area contributed by atoms with E-state index in [4.69, 9.17) is 37.0 Å². The number of aliphatic hydroxyl groups is 1. The van der Waals surface area contributed by atoms with Crippen molar-refractivity contribution < 1.29 is 80.2 Å². The highest BCUT2D eigenvalue weighted by atomic mass is 31.2. The van der Waals surface area contributed by atoms with Crippen molar-refractivity contribution in [2.24, 2.45) is 5.92 Å². The Hall–Kier alpha value is -1.94. The van der Waals surface area contributed by atoms with Crippen LogP contribution < -0.4 is 0 Å². The highest BCUT2D eigenvalue weighted by Gasteiger charge is 2.30. The van der Waals surface area contributed by atoms with Gasteiger partial charge in [-0.25, -0.2) is 9.13 Å². The van der Waals surface area contributed by atoms with Crippen LogP contribution in [0.2, 0.25) is 0 Å². The zero-order chi connectivity index (χ0) is 55.0. The maximum absolute atomic E-state index is 12.9. The summed E-state index contributed by atoms with van der Waals surface area (Å²) in [6, 6.07) is 0. The van der Waals surface area contributed by atoms with Gasteiger partial charge in [0.1, 0.15) is 19.3 Å². The molecule has 74 heavy (non-hydrogen) atoms. The van der Waals surface area contributed by atoms with E-state index in [1.807, 2.05) is 0 Å². The van der Waals surface area contributed by atoms with Gasteiger partial charge in [-0.1, -0.05) is 214 Å². The second-order valence-corrected chi connectivity index (χ2v) is 23.4. The average Bonchev–Trinajstić information content (AvgIpc) is 3.36. The normalized spacial score (nSPS) is 14.5. The van der Waals surface area contributed by atoms with E-state index in [0.29, 0.717) is 31.6 Å². The first kappa shape index (κ1) is 72.1. The average molecular weight is 1100 g/mol. The fourth-order valence-electron chi connectivity index (χ4n) is 7.99. The molecule has 0 heterocycles. The minimum atomic E-state index is -4.93. The third-order valence-corrected chi connectivity index (χ3v) is 14.4. The quantitative estimate of drug-likeness (QED) is 0.0222. The number of phosphoric acid groups is 2. The molecule has 0 radical (unpaired) electrons. The number of ether oxygens (including phenoxy) is 4. The Bertz CT molecular complexity index is 1470. The van der Waals surface area contributed by atoms with Crippen molar-refractivity contribution in [1.82, 2.24) is 0 Å². The first-order valence-electron chi connectivity index (χ1n) is 29.1. The van der Waals surface area contributed by atoms with Gasteiger partial charge in [0.15, 0.2) is 12.2 Å². The number of phosphoric ester groups is 2. The minimum Gasteiger partial charge on any atom is -0.462 e. The third kappa shape index (κ3) is 49.6. The van der Waals surface area contributed by atoms with Crippen molar-refractivity contribution in [3.8, 4) is 0 Å². The predicted octanol–water partition coefficient (Wildman–Crippen LogP) is 14.3. The molecule has 0 aliphatic carbocycles. The summed E-state index contributed by atoms with van der Waals surface area (Å²) in [5.74, 6) is -1.49. The molecule has 0 aromatic carbocycles. The molecule has 0 amide bonds.